The molecule has 0 unspecified atom stereocenters. The predicted octanol–water partition coefficient (Wildman–Crippen LogP) is 0.734. The van der Waals surface area contributed by atoms with Crippen molar-refractivity contribution in [1.29, 1.82) is 0 Å². The van der Waals surface area contributed by atoms with Gasteiger partial charge in [-0.1, -0.05) is 0 Å². The number of nitrogen functional groups attached to an aromatic ring is 1. The molecule has 2 rings (SSSR count). The Kier molecular flexibility index (Phi) is 9.66. The molecular formula is C8H16Cl3N5. The molecule has 94 valence electrons. The van der Waals surface area contributed by atoms with Gasteiger partial charge in [0.2, 0.25) is 5.95 Å². The third-order valence-corrected chi connectivity index (χ3v) is 2.10. The largest absolute Gasteiger partial charge is 0.368 e. The van der Waals surface area contributed by atoms with Crippen LogP contribution in [0.5, 0.6) is 0 Å². The van der Waals surface area contributed by atoms with Crippen molar-refractivity contribution in [3.8, 4) is 0 Å². The summed E-state index contributed by atoms with van der Waals surface area (Å²) in [7, 11) is 0. The van der Waals surface area contributed by atoms with Crippen molar-refractivity contribution in [3.05, 3.63) is 12.3 Å². The second kappa shape index (κ2) is 8.64. The van der Waals surface area contributed by atoms with Gasteiger partial charge in [-0.3, -0.25) is 0 Å². The summed E-state index contributed by atoms with van der Waals surface area (Å²) in [5.74, 6) is 1.27. The molecular weight excluding hydrogens is 272 g/mol. The minimum Gasteiger partial charge on any atom is -0.368 e. The summed E-state index contributed by atoms with van der Waals surface area (Å²) in [6.45, 7) is 3.97. The highest BCUT2D eigenvalue weighted by molar-refractivity contribution is 5.86. The molecule has 1 aromatic rings. The van der Waals surface area contributed by atoms with Crippen molar-refractivity contribution in [3.63, 3.8) is 0 Å². The Morgan fingerprint density at radius 3 is 2.38 bits per heavy atom. The van der Waals surface area contributed by atoms with Gasteiger partial charge < -0.3 is 16.0 Å². The van der Waals surface area contributed by atoms with Gasteiger partial charge in [-0.15, -0.1) is 37.2 Å². The van der Waals surface area contributed by atoms with Crippen LogP contribution in [0.15, 0.2) is 12.3 Å². The van der Waals surface area contributed by atoms with Gasteiger partial charge in [0.15, 0.2) is 0 Å². The van der Waals surface area contributed by atoms with Gasteiger partial charge in [0.25, 0.3) is 0 Å². The normalized spacial score (nSPS) is 14.1. The van der Waals surface area contributed by atoms with Gasteiger partial charge in [-0.05, 0) is 6.07 Å². The molecule has 0 radical (unpaired) electrons. The number of anilines is 2. The average Bonchev–Trinajstić information content (AvgIpc) is 2.19. The lowest BCUT2D eigenvalue weighted by molar-refractivity contribution is 0.585. The summed E-state index contributed by atoms with van der Waals surface area (Å²) in [6.07, 6.45) is 1.69. The summed E-state index contributed by atoms with van der Waals surface area (Å²) in [5.41, 5.74) is 5.50. The Labute approximate surface area is 113 Å². The van der Waals surface area contributed by atoms with Crippen LogP contribution in [0.4, 0.5) is 11.8 Å². The Morgan fingerprint density at radius 1 is 1.19 bits per heavy atom. The Bertz CT molecular complexity index is 293. The van der Waals surface area contributed by atoms with E-state index in [4.69, 9.17) is 5.73 Å². The van der Waals surface area contributed by atoms with Crippen LogP contribution in [0.3, 0.4) is 0 Å². The zero-order chi connectivity index (χ0) is 9.10. The van der Waals surface area contributed by atoms with Crippen LogP contribution >= 0.6 is 37.2 Å². The number of nitrogens with two attached hydrogens (primary N) is 1. The highest BCUT2D eigenvalue weighted by Gasteiger charge is 2.11. The van der Waals surface area contributed by atoms with Crippen molar-refractivity contribution in [1.82, 2.24) is 15.3 Å². The van der Waals surface area contributed by atoms with Gasteiger partial charge in [-0.25, -0.2) is 4.98 Å². The highest BCUT2D eigenvalue weighted by atomic mass is 35.5. The van der Waals surface area contributed by atoms with Gasteiger partial charge in [0.05, 0.1) is 0 Å². The summed E-state index contributed by atoms with van der Waals surface area (Å²) in [4.78, 5) is 10.2. The summed E-state index contributed by atoms with van der Waals surface area (Å²) < 4.78 is 0. The summed E-state index contributed by atoms with van der Waals surface area (Å²) in [6, 6.07) is 1.89. The molecule has 1 aromatic heterocycles. The number of piperazine rings is 1. The molecule has 16 heavy (non-hydrogen) atoms. The van der Waals surface area contributed by atoms with Crippen LogP contribution in [0.25, 0.3) is 0 Å². The monoisotopic (exact) mass is 287 g/mol. The van der Waals surface area contributed by atoms with Gasteiger partial charge >= 0.3 is 0 Å². The number of hydrogen-bond acceptors (Lipinski definition) is 5. The average molecular weight is 289 g/mol. The second-order valence-corrected chi connectivity index (χ2v) is 3.01. The zero-order valence-electron chi connectivity index (χ0n) is 8.63. The third-order valence-electron chi connectivity index (χ3n) is 2.10. The number of aromatic nitrogens is 2. The van der Waals surface area contributed by atoms with Crippen LogP contribution in [0, 0.1) is 0 Å². The maximum atomic E-state index is 5.50. The maximum Gasteiger partial charge on any atom is 0.221 e. The minimum atomic E-state index is 0. The topological polar surface area (TPSA) is 67.1 Å². The number of nitrogens with zero attached hydrogens (tertiary/aromatic N) is 3. The fourth-order valence-corrected chi connectivity index (χ4v) is 1.43. The van der Waals surface area contributed by atoms with Crippen LogP contribution in [-0.2, 0) is 0 Å². The lowest BCUT2D eigenvalue weighted by Crippen LogP contribution is -2.43. The second-order valence-electron chi connectivity index (χ2n) is 3.01. The van der Waals surface area contributed by atoms with Crippen LogP contribution in [-0.4, -0.2) is 36.1 Å². The molecule has 1 fully saturated rings. The zero-order valence-corrected chi connectivity index (χ0v) is 11.1. The molecule has 8 heteroatoms. The van der Waals surface area contributed by atoms with Crippen LogP contribution in [0.2, 0.25) is 0 Å². The molecule has 3 N–H and O–H groups in total. The molecule has 0 atom stereocenters. The van der Waals surface area contributed by atoms with E-state index in [9.17, 15) is 0 Å². The first-order valence-electron chi connectivity index (χ1n) is 4.40. The lowest BCUT2D eigenvalue weighted by Gasteiger charge is -2.28. The van der Waals surface area contributed by atoms with Crippen molar-refractivity contribution in [2.24, 2.45) is 0 Å². The van der Waals surface area contributed by atoms with E-state index in [0.717, 1.165) is 32.0 Å². The number of rotatable bonds is 1. The van der Waals surface area contributed by atoms with E-state index in [0.29, 0.717) is 5.95 Å². The molecule has 5 nitrogen and oxygen atoms in total. The molecule has 0 aromatic carbocycles. The van der Waals surface area contributed by atoms with E-state index in [1.165, 1.54) is 0 Å². The molecule has 0 aliphatic carbocycles. The predicted molar refractivity (Wildman–Crippen MR) is 73.3 cm³/mol. The van der Waals surface area contributed by atoms with Crippen molar-refractivity contribution >= 4 is 49.0 Å². The van der Waals surface area contributed by atoms with Gasteiger partial charge in [0.1, 0.15) is 5.82 Å². The first-order chi connectivity index (χ1) is 6.36. The molecule has 1 aliphatic rings. The number of hydrogen-bond donors (Lipinski definition) is 2. The van der Waals surface area contributed by atoms with Crippen molar-refractivity contribution in [2.75, 3.05) is 36.8 Å². The smallest absolute Gasteiger partial charge is 0.221 e. The summed E-state index contributed by atoms with van der Waals surface area (Å²) >= 11 is 0. The fourth-order valence-electron chi connectivity index (χ4n) is 1.43. The lowest BCUT2D eigenvalue weighted by atomic mass is 10.3. The molecule has 1 aliphatic heterocycles. The van der Waals surface area contributed by atoms with E-state index in [2.05, 4.69) is 20.2 Å². The van der Waals surface area contributed by atoms with E-state index in [1.54, 1.807) is 6.20 Å². The van der Waals surface area contributed by atoms with E-state index in [1.807, 2.05) is 6.07 Å². The van der Waals surface area contributed by atoms with Gasteiger partial charge in [-0.2, -0.15) is 4.98 Å². The SMILES string of the molecule is Cl.Cl.Cl.Nc1nccc(N2CCNCC2)n1. The summed E-state index contributed by atoms with van der Waals surface area (Å²) in [5, 5.41) is 3.28. The van der Waals surface area contributed by atoms with Crippen molar-refractivity contribution < 1.29 is 0 Å². The number of nitrogens with one attached hydrogen (secondary N) is 1. The molecule has 1 saturated heterocycles. The molecule has 0 bridgehead atoms. The van der Waals surface area contributed by atoms with Gasteiger partial charge in [0, 0.05) is 32.4 Å². The van der Waals surface area contributed by atoms with E-state index in [-0.39, 0.29) is 37.2 Å². The van der Waals surface area contributed by atoms with Crippen molar-refractivity contribution in [2.45, 2.75) is 0 Å². The molecule has 0 spiro atoms. The standard InChI is InChI=1S/C8H13N5.3ClH/c9-8-11-2-1-7(12-8)13-5-3-10-4-6-13;;;/h1-2,10H,3-6H2,(H2,9,11,12);3*1H. The first-order valence-corrected chi connectivity index (χ1v) is 4.40. The fraction of sp³-hybridized carbons (Fsp3) is 0.500. The maximum absolute atomic E-state index is 5.50. The Balaban J connectivity index is 0. The molecule has 2 heterocycles. The van der Waals surface area contributed by atoms with Crippen LogP contribution in [0.1, 0.15) is 0 Å². The quantitative estimate of drug-likeness (QED) is 0.798. The first kappa shape index (κ1) is 17.9. The minimum absolute atomic E-state index is 0. The molecule has 0 amide bonds. The molecule has 0 saturated carbocycles. The highest BCUT2D eigenvalue weighted by Crippen LogP contribution is 2.10. The number of halogens is 3. The van der Waals surface area contributed by atoms with Crippen LogP contribution < -0.4 is 16.0 Å². The third kappa shape index (κ3) is 4.57. The Morgan fingerprint density at radius 2 is 1.81 bits per heavy atom. The Hall–Kier alpha value is -0.490. The van der Waals surface area contributed by atoms with E-state index >= 15 is 0 Å². The van der Waals surface area contributed by atoms with E-state index < -0.39 is 0 Å².